The third-order valence-corrected chi connectivity index (χ3v) is 3.89. The summed E-state index contributed by atoms with van der Waals surface area (Å²) in [7, 11) is 0. The molecule has 0 heterocycles. The van der Waals surface area contributed by atoms with E-state index < -0.39 is 11.8 Å². The van der Waals surface area contributed by atoms with Gasteiger partial charge in [-0.25, -0.2) is 9.82 Å². The number of carbonyl (C=O) groups excluding carboxylic acids is 2. The lowest BCUT2D eigenvalue weighted by molar-refractivity contribution is -0.139. The van der Waals surface area contributed by atoms with Gasteiger partial charge in [0, 0.05) is 24.3 Å². The zero-order chi connectivity index (χ0) is 21.8. The van der Waals surface area contributed by atoms with Crippen LogP contribution < -0.4 is 15.5 Å². The third kappa shape index (κ3) is 8.00. The molecule has 2 amide bonds. The first-order valence-corrected chi connectivity index (χ1v) is 9.65. The summed E-state index contributed by atoms with van der Waals surface area (Å²) in [6.07, 6.45) is 2.09. The van der Waals surface area contributed by atoms with E-state index >= 15 is 0 Å². The van der Waals surface area contributed by atoms with Crippen molar-refractivity contribution in [2.45, 2.75) is 33.0 Å². The van der Waals surface area contributed by atoms with Gasteiger partial charge >= 0.3 is 11.8 Å². The molecular weight excluding hydrogens is 389 g/mol. The number of carbonyl (C=O) groups is 2. The fraction of sp³-hybridized carbons (Fsp3) is 0.318. The van der Waals surface area contributed by atoms with Gasteiger partial charge in [0.2, 0.25) is 0 Å². The molecule has 0 aliphatic heterocycles. The lowest BCUT2D eigenvalue weighted by Gasteiger charge is -2.09. The Morgan fingerprint density at radius 3 is 2.60 bits per heavy atom. The van der Waals surface area contributed by atoms with Crippen LogP contribution in [0.1, 0.15) is 31.4 Å². The summed E-state index contributed by atoms with van der Waals surface area (Å²) in [4.78, 5) is 23.5. The SMILES string of the molecule is CC(C)OCCCNC(=O)C(=O)N/N=C\c1ccccc1OCc1ccccc1F. The minimum atomic E-state index is -0.874. The van der Waals surface area contributed by atoms with Crippen molar-refractivity contribution >= 4 is 18.0 Å². The van der Waals surface area contributed by atoms with Gasteiger partial charge in [0.25, 0.3) is 0 Å². The molecule has 2 rings (SSSR count). The molecule has 0 spiro atoms. The summed E-state index contributed by atoms with van der Waals surface area (Å²) >= 11 is 0. The summed E-state index contributed by atoms with van der Waals surface area (Å²) in [6.45, 7) is 4.73. The van der Waals surface area contributed by atoms with Gasteiger partial charge in [-0.3, -0.25) is 9.59 Å². The maximum absolute atomic E-state index is 13.7. The second kappa shape index (κ2) is 12.3. The van der Waals surface area contributed by atoms with Crippen molar-refractivity contribution in [3.8, 4) is 5.75 Å². The van der Waals surface area contributed by atoms with Gasteiger partial charge in [0.1, 0.15) is 18.2 Å². The molecule has 2 aromatic rings. The highest BCUT2D eigenvalue weighted by atomic mass is 19.1. The van der Waals surface area contributed by atoms with E-state index in [1.807, 2.05) is 13.8 Å². The van der Waals surface area contributed by atoms with Gasteiger partial charge in [-0.05, 0) is 38.5 Å². The number of amides is 2. The fourth-order valence-electron chi connectivity index (χ4n) is 2.37. The summed E-state index contributed by atoms with van der Waals surface area (Å²) in [5, 5.41) is 6.29. The third-order valence-electron chi connectivity index (χ3n) is 3.89. The number of nitrogens with zero attached hydrogens (tertiary/aromatic N) is 1. The minimum Gasteiger partial charge on any atom is -0.488 e. The van der Waals surface area contributed by atoms with E-state index in [9.17, 15) is 14.0 Å². The molecule has 0 saturated heterocycles. The summed E-state index contributed by atoms with van der Waals surface area (Å²) in [5.74, 6) is -1.53. The molecule has 0 saturated carbocycles. The van der Waals surface area contributed by atoms with Crippen LogP contribution in [0.4, 0.5) is 4.39 Å². The molecular formula is C22H26FN3O4. The van der Waals surface area contributed by atoms with Crippen LogP contribution in [0.15, 0.2) is 53.6 Å². The molecule has 160 valence electrons. The van der Waals surface area contributed by atoms with Crippen molar-refractivity contribution in [1.29, 1.82) is 0 Å². The Labute approximate surface area is 175 Å². The number of halogens is 1. The molecule has 0 atom stereocenters. The van der Waals surface area contributed by atoms with E-state index in [0.29, 0.717) is 36.4 Å². The number of hydrogen-bond donors (Lipinski definition) is 2. The van der Waals surface area contributed by atoms with Crippen molar-refractivity contribution in [2.24, 2.45) is 5.10 Å². The molecule has 8 heteroatoms. The maximum atomic E-state index is 13.7. The van der Waals surface area contributed by atoms with Crippen molar-refractivity contribution in [1.82, 2.24) is 10.7 Å². The Morgan fingerprint density at radius 1 is 1.10 bits per heavy atom. The van der Waals surface area contributed by atoms with Crippen LogP contribution in [-0.4, -0.2) is 37.3 Å². The number of hydrazone groups is 1. The molecule has 0 aromatic heterocycles. The first kappa shape index (κ1) is 23.0. The number of ether oxygens (including phenoxy) is 2. The second-order valence-corrected chi connectivity index (χ2v) is 6.65. The molecule has 30 heavy (non-hydrogen) atoms. The van der Waals surface area contributed by atoms with E-state index in [0.717, 1.165) is 0 Å². The number of rotatable bonds is 10. The normalized spacial score (nSPS) is 10.9. The number of para-hydroxylation sites is 1. The average molecular weight is 415 g/mol. The van der Waals surface area contributed by atoms with E-state index in [1.54, 1.807) is 42.5 Å². The van der Waals surface area contributed by atoms with Gasteiger partial charge in [0.15, 0.2) is 0 Å². The highest BCUT2D eigenvalue weighted by Crippen LogP contribution is 2.18. The van der Waals surface area contributed by atoms with E-state index in [4.69, 9.17) is 9.47 Å². The smallest absolute Gasteiger partial charge is 0.329 e. The Bertz CT molecular complexity index is 871. The summed E-state index contributed by atoms with van der Waals surface area (Å²) in [5.41, 5.74) is 3.17. The topological polar surface area (TPSA) is 89.0 Å². The molecule has 0 bridgehead atoms. The lowest BCUT2D eigenvalue weighted by atomic mass is 10.2. The Kier molecular flexibility index (Phi) is 9.47. The van der Waals surface area contributed by atoms with Crippen molar-refractivity contribution in [3.05, 3.63) is 65.5 Å². The van der Waals surface area contributed by atoms with Crippen molar-refractivity contribution in [2.75, 3.05) is 13.2 Å². The highest BCUT2D eigenvalue weighted by Gasteiger charge is 2.11. The predicted octanol–water partition coefficient (Wildman–Crippen LogP) is 2.79. The minimum absolute atomic E-state index is 0.0484. The first-order valence-electron chi connectivity index (χ1n) is 9.65. The van der Waals surface area contributed by atoms with Crippen molar-refractivity contribution < 1.29 is 23.5 Å². The highest BCUT2D eigenvalue weighted by molar-refractivity contribution is 6.35. The van der Waals surface area contributed by atoms with Crippen LogP contribution in [0.5, 0.6) is 5.75 Å². The van der Waals surface area contributed by atoms with Crippen LogP contribution in [-0.2, 0) is 20.9 Å². The van der Waals surface area contributed by atoms with Gasteiger partial charge in [-0.1, -0.05) is 30.3 Å². The lowest BCUT2D eigenvalue weighted by Crippen LogP contribution is -2.38. The molecule has 0 radical (unpaired) electrons. The van der Waals surface area contributed by atoms with Gasteiger partial charge in [-0.15, -0.1) is 0 Å². The Morgan fingerprint density at radius 2 is 1.83 bits per heavy atom. The summed E-state index contributed by atoms with van der Waals surface area (Å²) < 4.78 is 24.8. The average Bonchev–Trinajstić information content (AvgIpc) is 2.73. The first-order chi connectivity index (χ1) is 14.5. The van der Waals surface area contributed by atoms with Gasteiger partial charge in [0.05, 0.1) is 12.3 Å². The molecule has 0 aliphatic carbocycles. The zero-order valence-corrected chi connectivity index (χ0v) is 17.1. The van der Waals surface area contributed by atoms with Crippen LogP contribution in [0.3, 0.4) is 0 Å². The van der Waals surface area contributed by atoms with E-state index in [-0.39, 0.29) is 18.5 Å². The molecule has 2 N–H and O–H groups in total. The van der Waals surface area contributed by atoms with Crippen LogP contribution >= 0.6 is 0 Å². The van der Waals surface area contributed by atoms with Gasteiger partial charge in [-0.2, -0.15) is 5.10 Å². The second-order valence-electron chi connectivity index (χ2n) is 6.65. The van der Waals surface area contributed by atoms with E-state index in [1.165, 1.54) is 12.3 Å². The molecule has 0 fully saturated rings. The van der Waals surface area contributed by atoms with E-state index in [2.05, 4.69) is 15.8 Å². The van der Waals surface area contributed by atoms with Gasteiger partial charge < -0.3 is 14.8 Å². The maximum Gasteiger partial charge on any atom is 0.329 e. The predicted molar refractivity (Wildman–Crippen MR) is 112 cm³/mol. The summed E-state index contributed by atoms with van der Waals surface area (Å²) in [6, 6.07) is 13.3. The Balaban J connectivity index is 1.82. The fourth-order valence-corrected chi connectivity index (χ4v) is 2.37. The number of hydrogen-bond acceptors (Lipinski definition) is 5. The van der Waals surface area contributed by atoms with Crippen molar-refractivity contribution in [3.63, 3.8) is 0 Å². The standard InChI is InChI=1S/C22H26FN3O4/c1-16(2)29-13-7-12-24-21(27)22(28)26-25-14-17-8-4-6-11-20(17)30-15-18-9-3-5-10-19(18)23/h3-6,8-11,14,16H,7,12-13,15H2,1-2H3,(H,24,27)(H,26,28)/b25-14-. The van der Waals surface area contributed by atoms with Crippen LogP contribution in [0, 0.1) is 5.82 Å². The van der Waals surface area contributed by atoms with Crippen LogP contribution in [0.2, 0.25) is 0 Å². The largest absolute Gasteiger partial charge is 0.488 e. The molecule has 0 aliphatic rings. The molecule has 0 unspecified atom stereocenters. The number of nitrogens with one attached hydrogen (secondary N) is 2. The zero-order valence-electron chi connectivity index (χ0n) is 17.1. The monoisotopic (exact) mass is 415 g/mol. The Hall–Kier alpha value is -3.26. The van der Waals surface area contributed by atoms with Crippen LogP contribution in [0.25, 0.3) is 0 Å². The molecule has 2 aromatic carbocycles. The molecule has 7 nitrogen and oxygen atoms in total. The quantitative estimate of drug-likeness (QED) is 0.270. The number of benzene rings is 2.